The Bertz CT molecular complexity index is 633. The van der Waals surface area contributed by atoms with E-state index < -0.39 is 0 Å². The van der Waals surface area contributed by atoms with Gasteiger partial charge in [-0.1, -0.05) is 36.4 Å². The molecule has 0 saturated heterocycles. The van der Waals surface area contributed by atoms with E-state index in [1.807, 2.05) is 0 Å². The maximum atomic E-state index is 3.65. The van der Waals surface area contributed by atoms with Crippen molar-refractivity contribution in [3.05, 3.63) is 64.7 Å². The minimum atomic E-state index is 0.551. The number of para-hydroxylation sites is 1. The van der Waals surface area contributed by atoms with E-state index in [2.05, 4.69) is 66.9 Å². The Kier molecular flexibility index (Phi) is 4.79. The van der Waals surface area contributed by atoms with Crippen molar-refractivity contribution in [2.75, 3.05) is 18.4 Å². The Morgan fingerprint density at radius 1 is 1.09 bits per heavy atom. The molecular formula is C20H26N2. The summed E-state index contributed by atoms with van der Waals surface area (Å²) in [6.07, 6.45) is 3.50. The van der Waals surface area contributed by atoms with Crippen molar-refractivity contribution in [3.63, 3.8) is 0 Å². The highest BCUT2D eigenvalue weighted by molar-refractivity contribution is 5.53. The predicted octanol–water partition coefficient (Wildman–Crippen LogP) is 3.86. The van der Waals surface area contributed by atoms with Gasteiger partial charge in [0.05, 0.1) is 0 Å². The lowest BCUT2D eigenvalue weighted by Gasteiger charge is -2.27. The second-order valence-electron chi connectivity index (χ2n) is 6.41. The van der Waals surface area contributed by atoms with Gasteiger partial charge < -0.3 is 10.6 Å². The van der Waals surface area contributed by atoms with Gasteiger partial charge in [-0.15, -0.1) is 0 Å². The predicted molar refractivity (Wildman–Crippen MR) is 94.7 cm³/mol. The zero-order valence-electron chi connectivity index (χ0n) is 13.7. The molecule has 0 amide bonds. The Morgan fingerprint density at radius 3 is 2.82 bits per heavy atom. The fourth-order valence-electron chi connectivity index (χ4n) is 3.12. The highest BCUT2D eigenvalue weighted by atomic mass is 15.0. The summed E-state index contributed by atoms with van der Waals surface area (Å²) in [5, 5.41) is 7.26. The van der Waals surface area contributed by atoms with Gasteiger partial charge in [-0.2, -0.15) is 0 Å². The summed E-state index contributed by atoms with van der Waals surface area (Å²) in [5.74, 6) is 0. The summed E-state index contributed by atoms with van der Waals surface area (Å²) >= 11 is 0. The van der Waals surface area contributed by atoms with E-state index in [0.29, 0.717) is 6.04 Å². The first-order valence-corrected chi connectivity index (χ1v) is 8.33. The largest absolute Gasteiger partial charge is 0.381 e. The van der Waals surface area contributed by atoms with Crippen LogP contribution >= 0.6 is 0 Å². The molecule has 0 saturated carbocycles. The first-order chi connectivity index (χ1) is 10.7. The molecule has 1 aliphatic rings. The second kappa shape index (κ2) is 6.97. The van der Waals surface area contributed by atoms with Crippen molar-refractivity contribution < 1.29 is 0 Å². The topological polar surface area (TPSA) is 24.1 Å². The minimum absolute atomic E-state index is 0.551. The summed E-state index contributed by atoms with van der Waals surface area (Å²) in [6, 6.07) is 16.0. The van der Waals surface area contributed by atoms with Crippen molar-refractivity contribution in [1.29, 1.82) is 0 Å². The average molecular weight is 294 g/mol. The minimum Gasteiger partial charge on any atom is -0.381 e. The highest BCUT2D eigenvalue weighted by Gasteiger charge is 2.16. The Hall–Kier alpha value is -1.80. The van der Waals surface area contributed by atoms with E-state index in [0.717, 1.165) is 19.5 Å². The van der Waals surface area contributed by atoms with Crippen LogP contribution in [0.4, 0.5) is 5.69 Å². The lowest BCUT2D eigenvalue weighted by Crippen LogP contribution is -2.36. The molecule has 2 aromatic rings. The normalized spacial score (nSPS) is 16.9. The number of hydrogen-bond donors (Lipinski definition) is 2. The van der Waals surface area contributed by atoms with Crippen LogP contribution in [-0.2, 0) is 12.8 Å². The summed E-state index contributed by atoms with van der Waals surface area (Å²) in [7, 11) is 0. The van der Waals surface area contributed by atoms with Gasteiger partial charge in [0.1, 0.15) is 0 Å². The van der Waals surface area contributed by atoms with Crippen molar-refractivity contribution in [2.45, 2.75) is 39.2 Å². The van der Waals surface area contributed by atoms with E-state index in [1.54, 1.807) is 0 Å². The van der Waals surface area contributed by atoms with Crippen molar-refractivity contribution in [2.24, 2.45) is 0 Å². The molecule has 1 unspecified atom stereocenters. The summed E-state index contributed by atoms with van der Waals surface area (Å²) in [6.45, 7) is 6.45. The Balaban J connectivity index is 1.43. The van der Waals surface area contributed by atoms with E-state index >= 15 is 0 Å². The third-order valence-electron chi connectivity index (χ3n) is 4.69. The van der Waals surface area contributed by atoms with Crippen LogP contribution in [-0.4, -0.2) is 19.1 Å². The van der Waals surface area contributed by atoms with Crippen LogP contribution in [0.2, 0.25) is 0 Å². The molecule has 116 valence electrons. The quantitative estimate of drug-likeness (QED) is 0.818. The maximum absolute atomic E-state index is 3.65. The first kappa shape index (κ1) is 15.1. The molecule has 1 aliphatic heterocycles. The third kappa shape index (κ3) is 3.69. The smallest absolute Gasteiger partial charge is 0.0389 e. The highest BCUT2D eigenvalue weighted by Crippen LogP contribution is 2.23. The molecule has 2 heteroatoms. The zero-order chi connectivity index (χ0) is 15.4. The molecule has 1 heterocycles. The van der Waals surface area contributed by atoms with Crippen LogP contribution in [0.1, 0.15) is 28.7 Å². The molecule has 3 rings (SSSR count). The summed E-state index contributed by atoms with van der Waals surface area (Å²) < 4.78 is 0. The average Bonchev–Trinajstić information content (AvgIpc) is 2.54. The van der Waals surface area contributed by atoms with Crippen LogP contribution in [0, 0.1) is 13.8 Å². The van der Waals surface area contributed by atoms with E-state index in [1.165, 1.54) is 40.8 Å². The number of nitrogens with one attached hydrogen (secondary N) is 2. The van der Waals surface area contributed by atoms with Gasteiger partial charge >= 0.3 is 0 Å². The van der Waals surface area contributed by atoms with Crippen LogP contribution in [0.15, 0.2) is 42.5 Å². The number of benzene rings is 2. The standard InChI is InChI=1S/C20H26N2/c1-15-7-8-17(13-16(15)2)11-12-21-14-19-10-9-18-5-3-4-6-20(18)22-19/h3-8,13,19,21-22H,9-12,14H2,1-2H3. The summed E-state index contributed by atoms with van der Waals surface area (Å²) in [5.41, 5.74) is 6.96. The molecular weight excluding hydrogens is 268 g/mol. The third-order valence-corrected chi connectivity index (χ3v) is 4.69. The van der Waals surface area contributed by atoms with E-state index in [-0.39, 0.29) is 0 Å². The van der Waals surface area contributed by atoms with Gasteiger partial charge in [0.2, 0.25) is 0 Å². The van der Waals surface area contributed by atoms with Gasteiger partial charge in [0, 0.05) is 18.3 Å². The lowest BCUT2D eigenvalue weighted by molar-refractivity contribution is 0.560. The number of rotatable bonds is 5. The Morgan fingerprint density at radius 2 is 1.95 bits per heavy atom. The number of anilines is 1. The lowest BCUT2D eigenvalue weighted by atomic mass is 9.98. The van der Waals surface area contributed by atoms with E-state index in [9.17, 15) is 0 Å². The number of hydrogen-bond acceptors (Lipinski definition) is 2. The molecule has 0 aliphatic carbocycles. The summed E-state index contributed by atoms with van der Waals surface area (Å²) in [4.78, 5) is 0. The van der Waals surface area contributed by atoms with Gasteiger partial charge in [-0.3, -0.25) is 0 Å². The van der Waals surface area contributed by atoms with Gasteiger partial charge in [0.25, 0.3) is 0 Å². The van der Waals surface area contributed by atoms with Crippen LogP contribution in [0.25, 0.3) is 0 Å². The maximum Gasteiger partial charge on any atom is 0.0389 e. The van der Waals surface area contributed by atoms with Crippen molar-refractivity contribution >= 4 is 5.69 Å². The van der Waals surface area contributed by atoms with Crippen LogP contribution in [0.5, 0.6) is 0 Å². The monoisotopic (exact) mass is 294 g/mol. The number of fused-ring (bicyclic) bond motifs is 1. The molecule has 0 radical (unpaired) electrons. The fourth-order valence-corrected chi connectivity index (χ4v) is 3.12. The molecule has 0 aromatic heterocycles. The molecule has 0 fully saturated rings. The fraction of sp³-hybridized carbons (Fsp3) is 0.400. The molecule has 1 atom stereocenters. The van der Waals surface area contributed by atoms with Gasteiger partial charge in [0.15, 0.2) is 0 Å². The van der Waals surface area contributed by atoms with E-state index in [4.69, 9.17) is 0 Å². The molecule has 2 N–H and O–H groups in total. The second-order valence-corrected chi connectivity index (χ2v) is 6.41. The van der Waals surface area contributed by atoms with Gasteiger partial charge in [-0.05, 0) is 68.0 Å². The zero-order valence-corrected chi connectivity index (χ0v) is 13.7. The van der Waals surface area contributed by atoms with Crippen LogP contribution < -0.4 is 10.6 Å². The van der Waals surface area contributed by atoms with Gasteiger partial charge in [-0.25, -0.2) is 0 Å². The van der Waals surface area contributed by atoms with Crippen LogP contribution in [0.3, 0.4) is 0 Å². The molecule has 2 nitrogen and oxygen atoms in total. The molecule has 0 spiro atoms. The first-order valence-electron chi connectivity index (χ1n) is 8.33. The molecule has 0 bridgehead atoms. The Labute approximate surface area is 134 Å². The molecule has 2 aromatic carbocycles. The SMILES string of the molecule is Cc1ccc(CCNCC2CCc3ccccc3N2)cc1C. The molecule has 22 heavy (non-hydrogen) atoms. The van der Waals surface area contributed by atoms with Crippen molar-refractivity contribution in [3.8, 4) is 0 Å². The van der Waals surface area contributed by atoms with Crippen molar-refractivity contribution in [1.82, 2.24) is 5.32 Å². The number of aryl methyl sites for hydroxylation is 3.